The molecule has 0 aliphatic carbocycles. The van der Waals surface area contributed by atoms with Crippen LogP contribution in [0.3, 0.4) is 0 Å². The highest BCUT2D eigenvalue weighted by atomic mass is 32.2. The van der Waals surface area contributed by atoms with Gasteiger partial charge in [0.05, 0.1) is 11.7 Å². The van der Waals surface area contributed by atoms with Crippen molar-refractivity contribution < 1.29 is 13.7 Å². The number of carbonyl (C=O) groups is 1. The lowest BCUT2D eigenvalue weighted by Gasteiger charge is -2.26. The van der Waals surface area contributed by atoms with E-state index in [1.807, 2.05) is 0 Å². The minimum Gasteiger partial charge on any atom is -0.361 e. The van der Waals surface area contributed by atoms with Gasteiger partial charge in [-0.3, -0.25) is 4.79 Å². The summed E-state index contributed by atoms with van der Waals surface area (Å²) in [6, 6.07) is 4.53. The molecule has 3 rings (SSSR count). The van der Waals surface area contributed by atoms with Gasteiger partial charge in [-0.05, 0) is 44.0 Å². The molecule has 0 saturated heterocycles. The predicted octanol–water partition coefficient (Wildman–Crippen LogP) is 3.40. The summed E-state index contributed by atoms with van der Waals surface area (Å²) in [6.45, 7) is 3.44. The smallest absolute Gasteiger partial charge is 0.257 e. The summed E-state index contributed by atoms with van der Waals surface area (Å²) in [5, 5.41) is 6.76. The van der Waals surface area contributed by atoms with Gasteiger partial charge >= 0.3 is 0 Å². The van der Waals surface area contributed by atoms with Gasteiger partial charge in [0.25, 0.3) is 5.91 Å². The van der Waals surface area contributed by atoms with Crippen LogP contribution in [0.1, 0.15) is 39.8 Å². The van der Waals surface area contributed by atoms with Crippen LogP contribution in [-0.2, 0) is 0 Å². The Labute approximate surface area is 126 Å². The average Bonchev–Trinajstić information content (AvgIpc) is 2.79. The molecule has 2 aromatic rings. The van der Waals surface area contributed by atoms with E-state index in [4.69, 9.17) is 4.52 Å². The number of hydrogen-bond donors (Lipinski definition) is 1. The molecule has 21 heavy (non-hydrogen) atoms. The van der Waals surface area contributed by atoms with Crippen molar-refractivity contribution >= 4 is 17.7 Å². The number of amides is 1. The molecule has 1 aromatic heterocycles. The minimum absolute atomic E-state index is 0.182. The summed E-state index contributed by atoms with van der Waals surface area (Å²) < 4.78 is 18.5. The van der Waals surface area contributed by atoms with Crippen molar-refractivity contribution in [2.75, 3.05) is 5.75 Å². The van der Waals surface area contributed by atoms with E-state index < -0.39 is 0 Å². The van der Waals surface area contributed by atoms with E-state index >= 15 is 0 Å². The molecule has 0 saturated carbocycles. The number of thioether (sulfide) groups is 1. The zero-order chi connectivity index (χ0) is 15.0. The second kappa shape index (κ2) is 5.52. The van der Waals surface area contributed by atoms with E-state index in [0.29, 0.717) is 17.0 Å². The zero-order valence-corrected chi connectivity index (χ0v) is 12.6. The van der Waals surface area contributed by atoms with Crippen molar-refractivity contribution in [2.45, 2.75) is 31.2 Å². The van der Waals surface area contributed by atoms with E-state index in [2.05, 4.69) is 10.5 Å². The molecule has 1 aliphatic heterocycles. The largest absolute Gasteiger partial charge is 0.361 e. The lowest BCUT2D eigenvalue weighted by atomic mass is 10.0. The Morgan fingerprint density at radius 3 is 3.00 bits per heavy atom. The van der Waals surface area contributed by atoms with Gasteiger partial charge in [0.2, 0.25) is 0 Å². The maximum atomic E-state index is 13.5. The van der Waals surface area contributed by atoms with Crippen molar-refractivity contribution in [2.24, 2.45) is 0 Å². The number of nitrogens with one attached hydrogen (secondary N) is 1. The number of hydrogen-bond acceptors (Lipinski definition) is 4. The molecular formula is C15H15FN2O2S. The maximum absolute atomic E-state index is 13.5. The molecule has 1 aliphatic rings. The quantitative estimate of drug-likeness (QED) is 0.924. The first-order valence-corrected chi connectivity index (χ1v) is 7.71. The fourth-order valence-corrected chi connectivity index (χ4v) is 3.66. The third-order valence-electron chi connectivity index (χ3n) is 3.58. The number of benzene rings is 1. The van der Waals surface area contributed by atoms with Gasteiger partial charge in [-0.25, -0.2) is 4.39 Å². The summed E-state index contributed by atoms with van der Waals surface area (Å²) in [4.78, 5) is 13.4. The van der Waals surface area contributed by atoms with E-state index in [9.17, 15) is 9.18 Å². The van der Waals surface area contributed by atoms with Crippen molar-refractivity contribution in [1.82, 2.24) is 10.5 Å². The molecular weight excluding hydrogens is 291 g/mol. The summed E-state index contributed by atoms with van der Waals surface area (Å²) in [5.41, 5.74) is 1.87. The Morgan fingerprint density at radius 2 is 2.29 bits per heavy atom. The Balaban J connectivity index is 1.87. The molecule has 0 spiro atoms. The monoisotopic (exact) mass is 306 g/mol. The summed E-state index contributed by atoms with van der Waals surface area (Å²) in [6.07, 6.45) is 0.774. The number of halogens is 1. The van der Waals surface area contributed by atoms with Gasteiger partial charge in [-0.2, -0.15) is 0 Å². The number of fused-ring (bicyclic) bond motifs is 1. The third kappa shape index (κ3) is 2.68. The maximum Gasteiger partial charge on any atom is 0.257 e. The topological polar surface area (TPSA) is 55.1 Å². The standard InChI is InChI=1S/C15H15FN2O2S/c1-8-14(9(2)20-18-8)15(19)17-12-5-6-21-13-4-3-10(16)7-11(12)13/h3-4,7,12H,5-6H2,1-2H3,(H,17,19)/t12-/m0/s1. The van der Waals surface area contributed by atoms with Crippen LogP contribution in [0.25, 0.3) is 0 Å². The number of carbonyl (C=O) groups excluding carboxylic acids is 1. The normalized spacial score (nSPS) is 17.4. The Bertz CT molecular complexity index is 679. The van der Waals surface area contributed by atoms with Crippen LogP contribution < -0.4 is 5.32 Å². The van der Waals surface area contributed by atoms with Crippen molar-refractivity contribution in [3.8, 4) is 0 Å². The van der Waals surface area contributed by atoms with E-state index in [-0.39, 0.29) is 17.8 Å². The highest BCUT2D eigenvalue weighted by Crippen LogP contribution is 2.36. The molecule has 4 nitrogen and oxygen atoms in total. The number of rotatable bonds is 2. The molecule has 0 bridgehead atoms. The van der Waals surface area contributed by atoms with Crippen LogP contribution in [-0.4, -0.2) is 16.8 Å². The zero-order valence-electron chi connectivity index (χ0n) is 11.8. The van der Waals surface area contributed by atoms with Crippen LogP contribution >= 0.6 is 11.8 Å². The molecule has 1 aromatic carbocycles. The molecule has 6 heteroatoms. The highest BCUT2D eigenvalue weighted by molar-refractivity contribution is 7.99. The Kier molecular flexibility index (Phi) is 3.71. The lowest BCUT2D eigenvalue weighted by molar-refractivity contribution is 0.0933. The van der Waals surface area contributed by atoms with Crippen LogP contribution in [0.4, 0.5) is 4.39 Å². The molecule has 0 radical (unpaired) electrons. The number of nitrogens with zero attached hydrogens (tertiary/aromatic N) is 1. The first-order valence-electron chi connectivity index (χ1n) is 6.72. The fourth-order valence-electron chi connectivity index (χ4n) is 2.55. The van der Waals surface area contributed by atoms with Crippen LogP contribution in [0.5, 0.6) is 0 Å². The van der Waals surface area contributed by atoms with E-state index in [0.717, 1.165) is 22.6 Å². The molecule has 1 atom stereocenters. The van der Waals surface area contributed by atoms with Gasteiger partial charge in [-0.1, -0.05) is 5.16 Å². The van der Waals surface area contributed by atoms with Crippen LogP contribution in [0, 0.1) is 19.7 Å². The first-order chi connectivity index (χ1) is 10.1. The first kappa shape index (κ1) is 14.1. The second-order valence-corrected chi connectivity index (χ2v) is 6.18. The van der Waals surface area contributed by atoms with E-state index in [1.54, 1.807) is 31.7 Å². The van der Waals surface area contributed by atoms with Gasteiger partial charge in [0.15, 0.2) is 0 Å². The lowest BCUT2D eigenvalue weighted by Crippen LogP contribution is -2.31. The van der Waals surface area contributed by atoms with Crippen molar-refractivity contribution in [3.05, 3.63) is 46.6 Å². The molecule has 110 valence electrons. The van der Waals surface area contributed by atoms with Crippen molar-refractivity contribution in [3.63, 3.8) is 0 Å². The van der Waals surface area contributed by atoms with Crippen molar-refractivity contribution in [1.29, 1.82) is 0 Å². The number of aryl methyl sites for hydroxylation is 2. The van der Waals surface area contributed by atoms with Gasteiger partial charge < -0.3 is 9.84 Å². The van der Waals surface area contributed by atoms with Gasteiger partial charge in [0, 0.05) is 10.6 Å². The van der Waals surface area contributed by atoms with Gasteiger partial charge in [0.1, 0.15) is 17.1 Å². The molecule has 2 heterocycles. The third-order valence-corrected chi connectivity index (χ3v) is 4.70. The number of aromatic nitrogens is 1. The second-order valence-electron chi connectivity index (χ2n) is 5.04. The van der Waals surface area contributed by atoms with Crippen LogP contribution in [0.2, 0.25) is 0 Å². The molecule has 1 N–H and O–H groups in total. The predicted molar refractivity (Wildman–Crippen MR) is 77.9 cm³/mol. The highest BCUT2D eigenvalue weighted by Gasteiger charge is 2.25. The summed E-state index contributed by atoms with van der Waals surface area (Å²) >= 11 is 1.68. The van der Waals surface area contributed by atoms with Crippen LogP contribution in [0.15, 0.2) is 27.6 Å². The molecule has 0 fully saturated rings. The summed E-state index contributed by atoms with van der Waals surface area (Å²) in [5.74, 6) is 0.881. The molecule has 0 unspecified atom stereocenters. The molecule has 1 amide bonds. The minimum atomic E-state index is -0.284. The average molecular weight is 306 g/mol. The van der Waals surface area contributed by atoms with Gasteiger partial charge in [-0.15, -0.1) is 11.8 Å². The van der Waals surface area contributed by atoms with E-state index in [1.165, 1.54) is 12.1 Å². The fraction of sp³-hybridized carbons (Fsp3) is 0.333. The Hall–Kier alpha value is -1.82. The summed E-state index contributed by atoms with van der Waals surface area (Å²) in [7, 11) is 0. The Morgan fingerprint density at radius 1 is 1.48 bits per heavy atom. The SMILES string of the molecule is Cc1noc(C)c1C(=O)N[C@H]1CCSc2ccc(F)cc21.